The molecule has 0 atom stereocenters. The van der Waals surface area contributed by atoms with Gasteiger partial charge in [0.05, 0.1) is 22.6 Å². The standard InChI is InChI=1S/C24H21N5O2S/c1-17-10-12-20(13-11-17)29-23(19-7-3-2-4-8-19)27-28-24(29)32-16-22(31)26-25-15-18-6-5-9-21(30)14-18/h2-15H,16H2,1H3,(H2,26,30,31). The second-order valence-electron chi connectivity index (χ2n) is 7.05. The Morgan fingerprint density at radius 1 is 1.12 bits per heavy atom. The van der Waals surface area contributed by atoms with Crippen LogP contribution in [0.15, 0.2) is 89.1 Å². The van der Waals surface area contributed by atoms with Crippen LogP contribution in [-0.4, -0.2) is 28.1 Å². The zero-order chi connectivity index (χ0) is 22.3. The molecule has 4 aromatic rings. The van der Waals surface area contributed by atoms with E-state index in [1.807, 2.05) is 66.1 Å². The minimum atomic E-state index is -0.274. The highest BCUT2D eigenvalue weighted by Crippen LogP contribution is 2.20. The van der Waals surface area contributed by atoms with E-state index in [1.165, 1.54) is 30.1 Å². The molecule has 32 heavy (non-hydrogen) atoms. The Morgan fingerprint density at radius 3 is 2.66 bits per heavy atom. The van der Waals surface area contributed by atoms with Crippen molar-refractivity contribution in [1.82, 2.24) is 15.6 Å². The molecule has 160 valence electrons. The van der Waals surface area contributed by atoms with Crippen molar-refractivity contribution in [1.29, 1.82) is 0 Å². The Kier molecular flexibility index (Phi) is 6.62. The van der Waals surface area contributed by atoms with Gasteiger partial charge in [0.2, 0.25) is 0 Å². The Morgan fingerprint density at radius 2 is 1.91 bits per heavy atom. The largest absolute Gasteiger partial charge is 0.872 e. The summed E-state index contributed by atoms with van der Waals surface area (Å²) in [7, 11) is 0. The lowest BCUT2D eigenvalue weighted by Crippen LogP contribution is -2.34. The van der Waals surface area contributed by atoms with Crippen LogP contribution in [-0.2, 0) is 4.79 Å². The molecule has 8 heteroatoms. The number of hydrazone groups is 1. The predicted octanol–water partition coefficient (Wildman–Crippen LogP) is 2.98. The summed E-state index contributed by atoms with van der Waals surface area (Å²) in [4.78, 5) is 12.3. The summed E-state index contributed by atoms with van der Waals surface area (Å²) >= 11 is 1.30. The smallest absolute Gasteiger partial charge is 0.342 e. The predicted molar refractivity (Wildman–Crippen MR) is 123 cm³/mol. The number of H-pyrrole nitrogens is 1. The first-order valence-corrected chi connectivity index (χ1v) is 10.9. The van der Waals surface area contributed by atoms with Crippen LogP contribution in [0.5, 0.6) is 5.75 Å². The highest BCUT2D eigenvalue weighted by Gasteiger charge is 2.24. The van der Waals surface area contributed by atoms with Gasteiger partial charge in [-0.3, -0.25) is 4.79 Å². The minimum Gasteiger partial charge on any atom is -0.872 e. The number of carbonyl (C=O) groups is 1. The SMILES string of the molecule is Cc1ccc(-[n+]2c(SCC(=O)NN=Cc3cccc([O-])c3)n[nH]c2-c2ccccc2)cc1. The first kappa shape index (κ1) is 21.3. The van der Waals surface area contributed by atoms with E-state index in [4.69, 9.17) is 0 Å². The van der Waals surface area contributed by atoms with Gasteiger partial charge in [-0.15, -0.1) is 10.8 Å². The summed E-state index contributed by atoms with van der Waals surface area (Å²) in [6.07, 6.45) is 1.44. The van der Waals surface area contributed by atoms with Gasteiger partial charge in [-0.2, -0.15) is 9.67 Å². The quantitative estimate of drug-likeness (QED) is 0.199. The van der Waals surface area contributed by atoms with Crippen molar-refractivity contribution in [2.75, 3.05) is 5.75 Å². The van der Waals surface area contributed by atoms with E-state index in [0.29, 0.717) is 10.7 Å². The maximum atomic E-state index is 12.3. The number of amides is 1. The summed E-state index contributed by atoms with van der Waals surface area (Å²) in [5.41, 5.74) is 6.21. The number of aromatic amines is 1. The molecule has 0 bridgehead atoms. The fourth-order valence-electron chi connectivity index (χ4n) is 3.05. The third-order valence-corrected chi connectivity index (χ3v) is 5.54. The molecule has 0 unspecified atom stereocenters. The zero-order valence-corrected chi connectivity index (χ0v) is 18.2. The van der Waals surface area contributed by atoms with E-state index in [2.05, 4.69) is 20.7 Å². The van der Waals surface area contributed by atoms with Crippen LogP contribution in [0.4, 0.5) is 0 Å². The van der Waals surface area contributed by atoms with Gasteiger partial charge in [-0.1, -0.05) is 60.2 Å². The number of nitrogens with one attached hydrogen (secondary N) is 2. The third kappa shape index (κ3) is 5.22. The minimum absolute atomic E-state index is 0.107. The van der Waals surface area contributed by atoms with Crippen molar-refractivity contribution < 1.29 is 14.5 Å². The molecule has 0 radical (unpaired) electrons. The van der Waals surface area contributed by atoms with E-state index >= 15 is 0 Å². The van der Waals surface area contributed by atoms with Crippen LogP contribution in [0.25, 0.3) is 17.1 Å². The summed E-state index contributed by atoms with van der Waals surface area (Å²) in [6, 6.07) is 24.3. The van der Waals surface area contributed by atoms with E-state index < -0.39 is 0 Å². The Hall–Kier alpha value is -3.91. The average Bonchev–Trinajstić information content (AvgIpc) is 3.23. The molecule has 0 spiro atoms. The van der Waals surface area contributed by atoms with Crippen LogP contribution in [0.3, 0.4) is 0 Å². The number of nitrogens with zero attached hydrogens (tertiary/aromatic N) is 3. The lowest BCUT2D eigenvalue weighted by atomic mass is 10.2. The Balaban J connectivity index is 1.50. The number of aromatic nitrogens is 3. The number of thioether (sulfide) groups is 1. The lowest BCUT2D eigenvalue weighted by Gasteiger charge is -2.05. The molecular weight excluding hydrogens is 422 g/mol. The highest BCUT2D eigenvalue weighted by molar-refractivity contribution is 7.99. The number of hydrogen-bond acceptors (Lipinski definition) is 5. The number of carbonyl (C=O) groups excluding carboxylic acids is 1. The summed E-state index contributed by atoms with van der Waals surface area (Å²) < 4.78 is 2.00. The molecule has 0 aliphatic rings. The van der Waals surface area contributed by atoms with Crippen LogP contribution in [0, 0.1) is 6.92 Å². The van der Waals surface area contributed by atoms with E-state index in [1.54, 1.807) is 12.1 Å². The molecule has 1 amide bonds. The second kappa shape index (κ2) is 9.93. The molecule has 0 aliphatic carbocycles. The van der Waals surface area contributed by atoms with Gasteiger partial charge in [0.15, 0.2) is 0 Å². The lowest BCUT2D eigenvalue weighted by molar-refractivity contribution is -0.625. The van der Waals surface area contributed by atoms with Crippen LogP contribution >= 0.6 is 11.8 Å². The van der Waals surface area contributed by atoms with Crippen molar-refractivity contribution in [3.05, 3.63) is 90.0 Å². The molecule has 1 aromatic heterocycles. The normalized spacial score (nSPS) is 11.0. The number of hydrogen-bond donors (Lipinski definition) is 2. The highest BCUT2D eigenvalue weighted by atomic mass is 32.2. The van der Waals surface area contributed by atoms with E-state index in [-0.39, 0.29) is 17.4 Å². The van der Waals surface area contributed by atoms with Crippen LogP contribution in [0.2, 0.25) is 0 Å². The van der Waals surface area contributed by atoms with Gasteiger partial charge >= 0.3 is 5.16 Å². The summed E-state index contributed by atoms with van der Waals surface area (Å²) in [5.74, 6) is 0.575. The molecule has 2 N–H and O–H groups in total. The molecule has 1 heterocycles. The van der Waals surface area contributed by atoms with Gasteiger partial charge in [0.25, 0.3) is 11.7 Å². The van der Waals surface area contributed by atoms with Crippen molar-refractivity contribution in [3.63, 3.8) is 0 Å². The Bertz CT molecular complexity index is 1240. The van der Waals surface area contributed by atoms with Gasteiger partial charge < -0.3 is 5.11 Å². The monoisotopic (exact) mass is 443 g/mol. The summed E-state index contributed by atoms with van der Waals surface area (Å²) in [5, 5.41) is 23.5. The first-order chi connectivity index (χ1) is 15.6. The molecule has 0 fully saturated rings. The molecule has 0 saturated heterocycles. The number of benzene rings is 3. The van der Waals surface area contributed by atoms with Crippen LogP contribution < -0.4 is 15.1 Å². The van der Waals surface area contributed by atoms with Gasteiger partial charge in [-0.25, -0.2) is 5.43 Å². The number of aryl methyl sites for hydroxylation is 1. The summed E-state index contributed by atoms with van der Waals surface area (Å²) in [6.45, 7) is 2.04. The maximum absolute atomic E-state index is 12.3. The van der Waals surface area contributed by atoms with Gasteiger partial charge in [0, 0.05) is 0 Å². The fraction of sp³-hybridized carbons (Fsp3) is 0.0833. The van der Waals surface area contributed by atoms with Crippen molar-refractivity contribution in [2.45, 2.75) is 12.1 Å². The van der Waals surface area contributed by atoms with E-state index in [0.717, 1.165) is 22.6 Å². The zero-order valence-electron chi connectivity index (χ0n) is 17.4. The van der Waals surface area contributed by atoms with Crippen LogP contribution in [0.1, 0.15) is 11.1 Å². The van der Waals surface area contributed by atoms with Gasteiger partial charge in [-0.05, 0) is 48.5 Å². The molecule has 7 nitrogen and oxygen atoms in total. The number of rotatable bonds is 7. The molecule has 0 aliphatic heterocycles. The fourth-order valence-corrected chi connectivity index (χ4v) is 3.81. The van der Waals surface area contributed by atoms with Crippen molar-refractivity contribution in [2.24, 2.45) is 5.10 Å². The third-order valence-electron chi connectivity index (χ3n) is 4.61. The Labute approximate surface area is 189 Å². The molecule has 3 aromatic carbocycles. The second-order valence-corrected chi connectivity index (χ2v) is 7.99. The average molecular weight is 444 g/mol. The molecule has 0 saturated carbocycles. The molecule has 4 rings (SSSR count). The van der Waals surface area contributed by atoms with E-state index in [9.17, 15) is 9.90 Å². The topological polar surface area (TPSA) is 97.1 Å². The first-order valence-electron chi connectivity index (χ1n) is 9.95. The van der Waals surface area contributed by atoms with Gasteiger partial charge in [0.1, 0.15) is 5.69 Å². The van der Waals surface area contributed by atoms with Crippen molar-refractivity contribution in [3.8, 4) is 22.8 Å². The van der Waals surface area contributed by atoms with Crippen molar-refractivity contribution >= 4 is 23.9 Å². The maximum Gasteiger partial charge on any atom is 0.342 e. The molecular formula is C24H21N5O2S.